The molecule has 0 aromatic carbocycles. The minimum atomic E-state index is 0.600. The molecular weight excluding hydrogens is 260 g/mol. The maximum Gasteiger partial charge on any atom is 0.137 e. The molecule has 0 radical (unpaired) electrons. The predicted octanol–water partition coefficient (Wildman–Crippen LogP) is 3.72. The normalized spacial score (nSPS) is 18.1. The summed E-state index contributed by atoms with van der Waals surface area (Å²) in [6, 6.07) is 0.703. The molecule has 2 saturated carbocycles. The first-order chi connectivity index (χ1) is 10.1. The molecule has 0 unspecified atom stereocenters. The average molecular weight is 288 g/mol. The lowest BCUT2D eigenvalue weighted by atomic mass is 10.1. The summed E-state index contributed by atoms with van der Waals surface area (Å²) in [5.41, 5.74) is 1.21. The molecule has 0 saturated heterocycles. The minimum Gasteiger partial charge on any atom is -0.373 e. The molecule has 1 N–H and O–H groups in total. The molecule has 3 rings (SSSR count). The van der Waals surface area contributed by atoms with Crippen LogP contribution in [0.5, 0.6) is 0 Å². The number of rotatable bonds is 7. The summed E-state index contributed by atoms with van der Waals surface area (Å²) in [5, 5.41) is 3.26. The monoisotopic (exact) mass is 288 g/mol. The summed E-state index contributed by atoms with van der Waals surface area (Å²) in [7, 11) is 1.96. The summed E-state index contributed by atoms with van der Waals surface area (Å²) < 4.78 is 0. The zero-order valence-electron chi connectivity index (χ0n) is 13.8. The Hall–Kier alpha value is -1.32. The van der Waals surface area contributed by atoms with Crippen LogP contribution in [0.25, 0.3) is 0 Å². The highest BCUT2D eigenvalue weighted by Crippen LogP contribution is 2.41. The quantitative estimate of drug-likeness (QED) is 0.830. The Labute approximate surface area is 128 Å². The summed E-state index contributed by atoms with van der Waals surface area (Å²) >= 11 is 0. The van der Waals surface area contributed by atoms with Crippen LogP contribution < -0.4 is 10.2 Å². The van der Waals surface area contributed by atoms with Crippen LogP contribution >= 0.6 is 0 Å². The number of hydrogen-bond donors (Lipinski definition) is 1. The van der Waals surface area contributed by atoms with E-state index in [-0.39, 0.29) is 0 Å². The van der Waals surface area contributed by atoms with E-state index < -0.39 is 0 Å². The van der Waals surface area contributed by atoms with Crippen LogP contribution in [0.4, 0.5) is 11.6 Å². The van der Waals surface area contributed by atoms with Crippen LogP contribution in [-0.4, -0.2) is 29.6 Å². The molecule has 2 aliphatic rings. The SMILES string of the molecule is CNc1nc(C2CC2)nc(N(CCC(C)C)C2CC2)c1C. The predicted molar refractivity (Wildman–Crippen MR) is 88.1 cm³/mol. The van der Waals surface area contributed by atoms with Crippen molar-refractivity contribution >= 4 is 11.6 Å². The van der Waals surface area contributed by atoms with Gasteiger partial charge in [0.1, 0.15) is 17.5 Å². The topological polar surface area (TPSA) is 41.1 Å². The molecular formula is C17H28N4. The lowest BCUT2D eigenvalue weighted by Gasteiger charge is -2.27. The third kappa shape index (κ3) is 3.30. The molecule has 1 aromatic rings. The van der Waals surface area contributed by atoms with Gasteiger partial charge in [0.15, 0.2) is 0 Å². The first-order valence-corrected chi connectivity index (χ1v) is 8.43. The van der Waals surface area contributed by atoms with Gasteiger partial charge in [0.05, 0.1) is 0 Å². The Bertz CT molecular complexity index is 504. The van der Waals surface area contributed by atoms with Gasteiger partial charge in [-0.2, -0.15) is 0 Å². The lowest BCUT2D eigenvalue weighted by Crippen LogP contribution is -2.30. The fraction of sp³-hybridized carbons (Fsp3) is 0.765. The van der Waals surface area contributed by atoms with Gasteiger partial charge >= 0.3 is 0 Å². The second kappa shape index (κ2) is 5.82. The van der Waals surface area contributed by atoms with Crippen LogP contribution in [0.1, 0.15) is 63.3 Å². The number of anilines is 2. The van der Waals surface area contributed by atoms with Crippen LogP contribution in [0.2, 0.25) is 0 Å². The van der Waals surface area contributed by atoms with E-state index in [4.69, 9.17) is 9.97 Å². The summed E-state index contributed by atoms with van der Waals surface area (Å²) in [4.78, 5) is 12.2. The van der Waals surface area contributed by atoms with E-state index in [1.165, 1.54) is 43.5 Å². The summed E-state index contributed by atoms with van der Waals surface area (Å²) in [6.07, 6.45) is 6.36. The number of nitrogens with one attached hydrogen (secondary N) is 1. The zero-order chi connectivity index (χ0) is 15.0. The van der Waals surface area contributed by atoms with E-state index in [9.17, 15) is 0 Å². The molecule has 1 heterocycles. The fourth-order valence-electron chi connectivity index (χ4n) is 2.81. The van der Waals surface area contributed by atoms with Crippen LogP contribution in [0.3, 0.4) is 0 Å². The highest BCUT2D eigenvalue weighted by Gasteiger charge is 2.33. The molecule has 0 atom stereocenters. The molecule has 4 nitrogen and oxygen atoms in total. The number of nitrogens with zero attached hydrogens (tertiary/aromatic N) is 3. The third-order valence-electron chi connectivity index (χ3n) is 4.52. The van der Waals surface area contributed by atoms with Gasteiger partial charge in [-0.25, -0.2) is 9.97 Å². The van der Waals surface area contributed by atoms with Crippen molar-refractivity contribution in [3.8, 4) is 0 Å². The highest BCUT2D eigenvalue weighted by molar-refractivity contribution is 5.59. The molecule has 116 valence electrons. The zero-order valence-corrected chi connectivity index (χ0v) is 13.8. The molecule has 4 heteroatoms. The van der Waals surface area contributed by atoms with Crippen molar-refractivity contribution in [1.82, 2.24) is 9.97 Å². The summed E-state index contributed by atoms with van der Waals surface area (Å²) in [6.45, 7) is 7.87. The molecule has 0 amide bonds. The Kier molecular flexibility index (Phi) is 4.05. The smallest absolute Gasteiger partial charge is 0.137 e. The van der Waals surface area contributed by atoms with Gasteiger partial charge in [-0.15, -0.1) is 0 Å². The number of hydrogen-bond acceptors (Lipinski definition) is 4. The lowest BCUT2D eigenvalue weighted by molar-refractivity contribution is 0.567. The van der Waals surface area contributed by atoms with E-state index >= 15 is 0 Å². The molecule has 0 bridgehead atoms. The van der Waals surface area contributed by atoms with E-state index in [0.717, 1.165) is 24.1 Å². The highest BCUT2D eigenvalue weighted by atomic mass is 15.3. The molecule has 21 heavy (non-hydrogen) atoms. The first-order valence-electron chi connectivity index (χ1n) is 8.43. The van der Waals surface area contributed by atoms with Gasteiger partial charge in [0, 0.05) is 31.1 Å². The van der Waals surface area contributed by atoms with Crippen molar-refractivity contribution in [1.29, 1.82) is 0 Å². The Morgan fingerprint density at radius 1 is 1.19 bits per heavy atom. The molecule has 1 aromatic heterocycles. The second-order valence-electron chi connectivity index (χ2n) is 7.01. The van der Waals surface area contributed by atoms with Crippen molar-refractivity contribution in [3.05, 3.63) is 11.4 Å². The minimum absolute atomic E-state index is 0.600. The van der Waals surface area contributed by atoms with Gasteiger partial charge in [-0.1, -0.05) is 13.8 Å². The molecule has 2 fully saturated rings. The fourth-order valence-corrected chi connectivity index (χ4v) is 2.81. The molecule has 0 aliphatic heterocycles. The van der Waals surface area contributed by atoms with E-state index in [0.29, 0.717) is 12.0 Å². The molecule has 0 spiro atoms. The van der Waals surface area contributed by atoms with Crippen molar-refractivity contribution in [2.45, 2.75) is 64.8 Å². The average Bonchev–Trinajstić information content (AvgIpc) is 3.32. The van der Waals surface area contributed by atoms with Crippen LogP contribution in [-0.2, 0) is 0 Å². The van der Waals surface area contributed by atoms with Crippen molar-refractivity contribution in [2.75, 3.05) is 23.8 Å². The van der Waals surface area contributed by atoms with Gasteiger partial charge < -0.3 is 10.2 Å². The Balaban J connectivity index is 1.91. The first kappa shape index (κ1) is 14.6. The standard InChI is InChI=1S/C17H28N4/c1-11(2)9-10-21(14-7-8-14)17-12(3)15(18-4)19-16(20-17)13-5-6-13/h11,13-14H,5-10H2,1-4H3,(H,18,19,20). The maximum atomic E-state index is 4.96. The van der Waals surface area contributed by atoms with Gasteiger partial charge in [-0.3, -0.25) is 0 Å². The maximum absolute atomic E-state index is 4.96. The van der Waals surface area contributed by atoms with Crippen LogP contribution in [0.15, 0.2) is 0 Å². The van der Waals surface area contributed by atoms with Gasteiger partial charge in [-0.05, 0) is 44.9 Å². The largest absolute Gasteiger partial charge is 0.373 e. The Morgan fingerprint density at radius 2 is 1.90 bits per heavy atom. The Morgan fingerprint density at radius 3 is 2.43 bits per heavy atom. The summed E-state index contributed by atoms with van der Waals surface area (Å²) in [5.74, 6) is 4.58. The van der Waals surface area contributed by atoms with Crippen molar-refractivity contribution in [3.63, 3.8) is 0 Å². The van der Waals surface area contributed by atoms with E-state index in [1.807, 2.05) is 7.05 Å². The van der Waals surface area contributed by atoms with Crippen LogP contribution in [0, 0.1) is 12.8 Å². The van der Waals surface area contributed by atoms with E-state index in [1.54, 1.807) is 0 Å². The number of aromatic nitrogens is 2. The second-order valence-corrected chi connectivity index (χ2v) is 7.01. The van der Waals surface area contributed by atoms with Crippen molar-refractivity contribution in [2.24, 2.45) is 5.92 Å². The third-order valence-corrected chi connectivity index (χ3v) is 4.52. The molecule has 2 aliphatic carbocycles. The van der Waals surface area contributed by atoms with Gasteiger partial charge in [0.2, 0.25) is 0 Å². The van der Waals surface area contributed by atoms with E-state index in [2.05, 4.69) is 31.0 Å². The van der Waals surface area contributed by atoms with Crippen molar-refractivity contribution < 1.29 is 0 Å². The van der Waals surface area contributed by atoms with Gasteiger partial charge in [0.25, 0.3) is 0 Å².